The van der Waals surface area contributed by atoms with E-state index in [4.69, 9.17) is 12.2 Å². The smallest absolute Gasteiger partial charge is 0.175 e. The average molecular weight is 405 g/mol. The molecule has 1 atom stereocenters. The molecular formula is C21H28N2O2S2. The van der Waals surface area contributed by atoms with E-state index in [2.05, 4.69) is 55.7 Å². The molecule has 0 aliphatic heterocycles. The summed E-state index contributed by atoms with van der Waals surface area (Å²) in [5.41, 5.74) is 3.58. The van der Waals surface area contributed by atoms with Gasteiger partial charge in [0.15, 0.2) is 14.9 Å². The molecule has 0 fully saturated rings. The van der Waals surface area contributed by atoms with Crippen LogP contribution >= 0.6 is 12.2 Å². The van der Waals surface area contributed by atoms with Crippen molar-refractivity contribution in [2.45, 2.75) is 50.6 Å². The molecule has 0 radical (unpaired) electrons. The van der Waals surface area contributed by atoms with Gasteiger partial charge in [-0.3, -0.25) is 0 Å². The number of benzene rings is 2. The van der Waals surface area contributed by atoms with E-state index in [1.54, 1.807) is 12.1 Å². The molecule has 2 aromatic carbocycles. The van der Waals surface area contributed by atoms with E-state index in [-0.39, 0.29) is 11.5 Å². The molecule has 1 unspecified atom stereocenters. The van der Waals surface area contributed by atoms with Gasteiger partial charge < -0.3 is 10.6 Å². The number of hydrogen-bond donors (Lipinski definition) is 2. The third-order valence-electron chi connectivity index (χ3n) is 4.43. The summed E-state index contributed by atoms with van der Waals surface area (Å²) < 4.78 is 23.1. The van der Waals surface area contributed by atoms with Crippen LogP contribution in [0.1, 0.15) is 50.4 Å². The molecule has 0 aliphatic rings. The lowest BCUT2D eigenvalue weighted by Crippen LogP contribution is -2.36. The molecule has 2 N–H and O–H groups in total. The van der Waals surface area contributed by atoms with E-state index in [0.717, 1.165) is 11.1 Å². The zero-order chi connectivity index (χ0) is 20.2. The van der Waals surface area contributed by atoms with E-state index in [1.807, 2.05) is 19.1 Å². The van der Waals surface area contributed by atoms with Crippen LogP contribution in [0.4, 0.5) is 0 Å². The fourth-order valence-electron chi connectivity index (χ4n) is 2.64. The van der Waals surface area contributed by atoms with Gasteiger partial charge in [0.2, 0.25) is 0 Å². The first-order valence-electron chi connectivity index (χ1n) is 8.90. The molecule has 0 saturated carbocycles. The standard InChI is InChI=1S/C21H28N2O2S2/c1-15(17-8-12-19(13-9-17)27(5,24)25)23-20(26)22-14-16-6-10-18(11-7-16)21(2,3)4/h6-13,15H,14H2,1-5H3,(H2,22,23,26). The van der Waals surface area contributed by atoms with Gasteiger partial charge in [-0.05, 0) is 53.4 Å². The minimum atomic E-state index is -3.18. The predicted octanol–water partition coefficient (Wildman–Crippen LogP) is 4.11. The lowest BCUT2D eigenvalue weighted by Gasteiger charge is -2.20. The summed E-state index contributed by atoms with van der Waals surface area (Å²) in [7, 11) is -3.18. The van der Waals surface area contributed by atoms with E-state index in [0.29, 0.717) is 16.6 Å². The highest BCUT2D eigenvalue weighted by atomic mass is 32.2. The maximum atomic E-state index is 11.5. The van der Waals surface area contributed by atoms with Crippen molar-refractivity contribution >= 4 is 27.2 Å². The van der Waals surface area contributed by atoms with Crippen LogP contribution < -0.4 is 10.6 Å². The van der Waals surface area contributed by atoms with Gasteiger partial charge in [0.25, 0.3) is 0 Å². The molecule has 27 heavy (non-hydrogen) atoms. The van der Waals surface area contributed by atoms with Crippen molar-refractivity contribution in [1.82, 2.24) is 10.6 Å². The molecule has 6 heteroatoms. The van der Waals surface area contributed by atoms with Crippen molar-refractivity contribution in [3.05, 3.63) is 65.2 Å². The van der Waals surface area contributed by atoms with Crippen molar-refractivity contribution in [1.29, 1.82) is 0 Å². The van der Waals surface area contributed by atoms with Crippen LogP contribution in [0.3, 0.4) is 0 Å². The van der Waals surface area contributed by atoms with Gasteiger partial charge >= 0.3 is 0 Å². The van der Waals surface area contributed by atoms with Crippen LogP contribution in [-0.2, 0) is 21.8 Å². The van der Waals surface area contributed by atoms with Gasteiger partial charge in [0.1, 0.15) is 0 Å². The van der Waals surface area contributed by atoms with E-state index >= 15 is 0 Å². The first kappa shape index (κ1) is 21.4. The van der Waals surface area contributed by atoms with Crippen LogP contribution in [0.25, 0.3) is 0 Å². The zero-order valence-electron chi connectivity index (χ0n) is 16.5. The van der Waals surface area contributed by atoms with Crippen LogP contribution in [0.2, 0.25) is 0 Å². The highest BCUT2D eigenvalue weighted by molar-refractivity contribution is 7.90. The Labute approximate surface area is 168 Å². The van der Waals surface area contributed by atoms with Crippen LogP contribution in [0.15, 0.2) is 53.4 Å². The molecule has 2 aromatic rings. The Hall–Kier alpha value is -1.92. The summed E-state index contributed by atoms with van der Waals surface area (Å²) in [5.74, 6) is 0. The van der Waals surface area contributed by atoms with Crippen molar-refractivity contribution < 1.29 is 8.42 Å². The maximum absolute atomic E-state index is 11.5. The Kier molecular flexibility index (Phi) is 6.65. The normalized spacial score (nSPS) is 13.1. The highest BCUT2D eigenvalue weighted by Gasteiger charge is 2.13. The van der Waals surface area contributed by atoms with Crippen LogP contribution in [0.5, 0.6) is 0 Å². The van der Waals surface area contributed by atoms with Gasteiger partial charge in [-0.15, -0.1) is 0 Å². The third kappa shape index (κ3) is 6.33. The monoisotopic (exact) mass is 404 g/mol. The molecule has 0 spiro atoms. The van der Waals surface area contributed by atoms with E-state index < -0.39 is 9.84 Å². The summed E-state index contributed by atoms with van der Waals surface area (Å²) >= 11 is 5.38. The second kappa shape index (κ2) is 8.40. The number of thiocarbonyl (C=S) groups is 1. The summed E-state index contributed by atoms with van der Waals surface area (Å²) in [4.78, 5) is 0.317. The first-order valence-corrected chi connectivity index (χ1v) is 11.2. The van der Waals surface area contributed by atoms with Crippen LogP contribution in [0, 0.1) is 0 Å². The van der Waals surface area contributed by atoms with E-state index in [1.165, 1.54) is 11.8 Å². The van der Waals surface area contributed by atoms with Gasteiger partial charge in [-0.25, -0.2) is 8.42 Å². The molecule has 0 amide bonds. The van der Waals surface area contributed by atoms with Crippen LogP contribution in [-0.4, -0.2) is 19.8 Å². The number of hydrogen-bond acceptors (Lipinski definition) is 3. The van der Waals surface area contributed by atoms with Crippen molar-refractivity contribution in [2.75, 3.05) is 6.26 Å². The average Bonchev–Trinajstić information content (AvgIpc) is 2.59. The minimum Gasteiger partial charge on any atom is -0.359 e. The van der Waals surface area contributed by atoms with Gasteiger partial charge in [-0.2, -0.15) is 0 Å². The van der Waals surface area contributed by atoms with Crippen molar-refractivity contribution in [2.24, 2.45) is 0 Å². The molecular weight excluding hydrogens is 376 g/mol. The number of nitrogens with one attached hydrogen (secondary N) is 2. The topological polar surface area (TPSA) is 58.2 Å². The summed E-state index contributed by atoms with van der Waals surface area (Å²) in [6, 6.07) is 15.4. The summed E-state index contributed by atoms with van der Waals surface area (Å²) in [5, 5.41) is 7.01. The molecule has 4 nitrogen and oxygen atoms in total. The predicted molar refractivity (Wildman–Crippen MR) is 116 cm³/mol. The molecule has 0 aromatic heterocycles. The van der Waals surface area contributed by atoms with Gasteiger partial charge in [0.05, 0.1) is 10.9 Å². The van der Waals surface area contributed by atoms with E-state index in [9.17, 15) is 8.42 Å². The minimum absolute atomic E-state index is 0.0260. The molecule has 0 saturated heterocycles. The Morgan fingerprint density at radius 3 is 2.07 bits per heavy atom. The third-order valence-corrected chi connectivity index (χ3v) is 5.82. The Bertz CT molecular complexity index is 881. The maximum Gasteiger partial charge on any atom is 0.175 e. The Balaban J connectivity index is 1.89. The summed E-state index contributed by atoms with van der Waals surface area (Å²) in [6.45, 7) is 9.23. The fraction of sp³-hybridized carbons (Fsp3) is 0.381. The lowest BCUT2D eigenvalue weighted by atomic mass is 9.87. The Morgan fingerprint density at radius 1 is 1.04 bits per heavy atom. The quantitative estimate of drug-likeness (QED) is 0.735. The first-order chi connectivity index (χ1) is 12.5. The second-order valence-corrected chi connectivity index (χ2v) is 10.3. The zero-order valence-corrected chi connectivity index (χ0v) is 18.2. The number of rotatable bonds is 5. The molecule has 0 bridgehead atoms. The van der Waals surface area contributed by atoms with Crippen molar-refractivity contribution in [3.63, 3.8) is 0 Å². The molecule has 146 valence electrons. The molecule has 0 heterocycles. The lowest BCUT2D eigenvalue weighted by molar-refractivity contribution is 0.590. The van der Waals surface area contributed by atoms with Crippen molar-refractivity contribution in [3.8, 4) is 0 Å². The van der Waals surface area contributed by atoms with Gasteiger partial charge in [0, 0.05) is 12.8 Å². The fourth-order valence-corrected chi connectivity index (χ4v) is 3.52. The molecule has 2 rings (SSSR count). The molecule has 0 aliphatic carbocycles. The van der Waals surface area contributed by atoms with Gasteiger partial charge in [-0.1, -0.05) is 57.2 Å². The Morgan fingerprint density at radius 2 is 1.59 bits per heavy atom. The SMILES string of the molecule is CC(NC(=S)NCc1ccc(C(C)(C)C)cc1)c1ccc(S(C)(=O)=O)cc1. The second-order valence-electron chi connectivity index (χ2n) is 7.84. The summed E-state index contributed by atoms with van der Waals surface area (Å²) in [6.07, 6.45) is 1.21. The largest absolute Gasteiger partial charge is 0.359 e. The number of sulfone groups is 1. The highest BCUT2D eigenvalue weighted by Crippen LogP contribution is 2.22.